The molecule has 2 rings (SSSR count). The lowest BCUT2D eigenvalue weighted by molar-refractivity contribution is 0.102. The summed E-state index contributed by atoms with van der Waals surface area (Å²) in [6, 6.07) is 8.68. The molecule has 0 fully saturated rings. The van der Waals surface area contributed by atoms with Crippen LogP contribution in [0.4, 0.5) is 5.69 Å². The molecular formula is C12H9BrClN3O3S. The molecule has 9 heteroatoms. The summed E-state index contributed by atoms with van der Waals surface area (Å²) in [5.74, 6) is -0.471. The number of nitrogens with two attached hydrogens (primary N) is 1. The van der Waals surface area contributed by atoms with Gasteiger partial charge in [-0.05, 0) is 46.3 Å². The summed E-state index contributed by atoms with van der Waals surface area (Å²) in [5, 5.41) is 7.81. The number of amides is 1. The maximum absolute atomic E-state index is 12.0. The SMILES string of the molecule is NS(=O)(=O)c1ccc(NC(=O)c2cccc(Cl)n2)c(Br)c1. The lowest BCUT2D eigenvalue weighted by Crippen LogP contribution is -2.15. The molecule has 1 heterocycles. The number of rotatable bonds is 3. The van der Waals surface area contributed by atoms with E-state index in [-0.39, 0.29) is 15.7 Å². The molecule has 1 aromatic carbocycles. The number of pyridine rings is 1. The summed E-state index contributed by atoms with van der Waals surface area (Å²) in [7, 11) is -3.80. The lowest BCUT2D eigenvalue weighted by Gasteiger charge is -2.08. The van der Waals surface area contributed by atoms with E-state index in [0.717, 1.165) is 0 Å². The Kier molecular flexibility index (Phi) is 4.62. The van der Waals surface area contributed by atoms with Crippen molar-refractivity contribution in [1.82, 2.24) is 4.98 Å². The number of carbonyl (C=O) groups is 1. The van der Waals surface area contributed by atoms with Crippen LogP contribution >= 0.6 is 27.5 Å². The molecule has 0 bridgehead atoms. The predicted octanol–water partition coefficient (Wildman–Crippen LogP) is 2.40. The van der Waals surface area contributed by atoms with Gasteiger partial charge in [-0.25, -0.2) is 18.5 Å². The Labute approximate surface area is 134 Å². The molecule has 0 spiro atoms. The van der Waals surface area contributed by atoms with Gasteiger partial charge >= 0.3 is 0 Å². The zero-order valence-corrected chi connectivity index (χ0v) is 13.5. The molecule has 0 atom stereocenters. The minimum absolute atomic E-state index is 0.0618. The van der Waals surface area contributed by atoms with Gasteiger partial charge in [0.15, 0.2) is 0 Å². The van der Waals surface area contributed by atoms with E-state index in [1.165, 1.54) is 24.3 Å². The fourth-order valence-corrected chi connectivity index (χ4v) is 2.83. The largest absolute Gasteiger partial charge is 0.320 e. The number of anilines is 1. The number of hydrogen-bond donors (Lipinski definition) is 2. The number of aromatic nitrogens is 1. The summed E-state index contributed by atoms with van der Waals surface area (Å²) in [4.78, 5) is 15.8. The molecule has 0 saturated carbocycles. The van der Waals surface area contributed by atoms with Crippen molar-refractivity contribution >= 4 is 49.1 Å². The summed E-state index contributed by atoms with van der Waals surface area (Å²) in [6.07, 6.45) is 0. The van der Waals surface area contributed by atoms with E-state index in [0.29, 0.717) is 10.2 Å². The molecule has 6 nitrogen and oxygen atoms in total. The first-order valence-corrected chi connectivity index (χ1v) is 8.25. The summed E-state index contributed by atoms with van der Waals surface area (Å²) >= 11 is 8.89. The Morgan fingerprint density at radius 3 is 2.57 bits per heavy atom. The number of nitrogens with one attached hydrogen (secondary N) is 1. The van der Waals surface area contributed by atoms with Crippen LogP contribution in [0.3, 0.4) is 0 Å². The standard InChI is InChI=1S/C12H9BrClN3O3S/c13-8-6-7(21(15,19)20)4-5-9(8)17-12(18)10-2-1-3-11(14)16-10/h1-6H,(H,17,18)(H2,15,19,20). The fourth-order valence-electron chi connectivity index (χ4n) is 1.50. The van der Waals surface area contributed by atoms with Gasteiger partial charge in [-0.15, -0.1) is 0 Å². The average Bonchev–Trinajstić information content (AvgIpc) is 2.39. The Balaban J connectivity index is 2.26. The van der Waals surface area contributed by atoms with Crippen LogP contribution in [0.15, 0.2) is 45.8 Å². The van der Waals surface area contributed by atoms with Gasteiger partial charge in [0.2, 0.25) is 10.0 Å². The molecule has 0 aliphatic carbocycles. The van der Waals surface area contributed by atoms with Gasteiger partial charge in [-0.1, -0.05) is 17.7 Å². The number of benzene rings is 1. The molecule has 1 amide bonds. The number of halogens is 2. The first kappa shape index (κ1) is 15.9. The molecule has 0 saturated heterocycles. The Bertz CT molecular complexity index is 811. The molecule has 0 aliphatic rings. The number of primary sulfonamides is 1. The molecular weight excluding hydrogens is 382 g/mol. The van der Waals surface area contributed by atoms with Crippen LogP contribution in [-0.2, 0) is 10.0 Å². The van der Waals surface area contributed by atoms with Crippen molar-refractivity contribution in [3.05, 3.63) is 51.7 Å². The van der Waals surface area contributed by atoms with Gasteiger partial charge in [-0.3, -0.25) is 4.79 Å². The third kappa shape index (κ3) is 4.01. The molecule has 2 aromatic rings. The number of hydrogen-bond acceptors (Lipinski definition) is 4. The number of carbonyl (C=O) groups excluding carboxylic acids is 1. The number of sulfonamides is 1. The average molecular weight is 391 g/mol. The normalized spacial score (nSPS) is 11.2. The molecule has 0 aliphatic heterocycles. The molecule has 0 radical (unpaired) electrons. The van der Waals surface area contributed by atoms with Gasteiger partial charge in [-0.2, -0.15) is 0 Å². The molecule has 110 valence electrons. The second-order valence-electron chi connectivity index (χ2n) is 3.99. The second kappa shape index (κ2) is 6.10. The minimum Gasteiger partial charge on any atom is -0.320 e. The summed E-state index contributed by atoms with van der Waals surface area (Å²) < 4.78 is 22.8. The van der Waals surface area contributed by atoms with E-state index >= 15 is 0 Å². The topological polar surface area (TPSA) is 102 Å². The highest BCUT2D eigenvalue weighted by Gasteiger charge is 2.13. The van der Waals surface area contributed by atoms with Gasteiger partial charge in [0.1, 0.15) is 10.8 Å². The van der Waals surface area contributed by atoms with Crippen LogP contribution in [0.2, 0.25) is 5.15 Å². The highest BCUT2D eigenvalue weighted by Crippen LogP contribution is 2.25. The third-order valence-electron chi connectivity index (χ3n) is 2.47. The Hall–Kier alpha value is -1.48. The van der Waals surface area contributed by atoms with Gasteiger partial charge in [0.25, 0.3) is 5.91 Å². The predicted molar refractivity (Wildman–Crippen MR) is 82.7 cm³/mol. The second-order valence-corrected chi connectivity index (χ2v) is 6.79. The van der Waals surface area contributed by atoms with E-state index < -0.39 is 15.9 Å². The van der Waals surface area contributed by atoms with E-state index in [9.17, 15) is 13.2 Å². The highest BCUT2D eigenvalue weighted by molar-refractivity contribution is 9.10. The Morgan fingerprint density at radius 1 is 1.29 bits per heavy atom. The van der Waals surface area contributed by atoms with Gasteiger partial charge in [0, 0.05) is 4.47 Å². The summed E-state index contributed by atoms with van der Waals surface area (Å²) in [5.41, 5.74) is 0.527. The van der Waals surface area contributed by atoms with Crippen molar-refractivity contribution in [2.45, 2.75) is 4.90 Å². The zero-order valence-electron chi connectivity index (χ0n) is 10.4. The van der Waals surface area contributed by atoms with Crippen molar-refractivity contribution < 1.29 is 13.2 Å². The molecule has 0 unspecified atom stereocenters. The third-order valence-corrected chi connectivity index (χ3v) is 4.24. The maximum Gasteiger partial charge on any atom is 0.274 e. The van der Waals surface area contributed by atoms with Crippen molar-refractivity contribution in [3.63, 3.8) is 0 Å². The molecule has 1 aromatic heterocycles. The fraction of sp³-hybridized carbons (Fsp3) is 0. The van der Waals surface area contributed by atoms with Crippen LogP contribution in [-0.4, -0.2) is 19.3 Å². The smallest absolute Gasteiger partial charge is 0.274 e. The van der Waals surface area contributed by atoms with Crippen molar-refractivity contribution in [1.29, 1.82) is 0 Å². The van der Waals surface area contributed by atoms with Gasteiger partial charge in [0.05, 0.1) is 10.6 Å². The number of nitrogens with zero attached hydrogens (tertiary/aromatic N) is 1. The van der Waals surface area contributed by atoms with Crippen LogP contribution in [0.1, 0.15) is 10.5 Å². The monoisotopic (exact) mass is 389 g/mol. The Morgan fingerprint density at radius 2 is 2.00 bits per heavy atom. The van der Waals surface area contributed by atoms with E-state index in [1.54, 1.807) is 12.1 Å². The van der Waals surface area contributed by atoms with Crippen LogP contribution < -0.4 is 10.5 Å². The first-order valence-electron chi connectivity index (χ1n) is 5.53. The van der Waals surface area contributed by atoms with Crippen LogP contribution in [0.5, 0.6) is 0 Å². The first-order chi connectivity index (χ1) is 9.77. The van der Waals surface area contributed by atoms with Gasteiger partial charge < -0.3 is 5.32 Å². The van der Waals surface area contributed by atoms with Crippen molar-refractivity contribution in [2.24, 2.45) is 5.14 Å². The van der Waals surface area contributed by atoms with E-state index in [2.05, 4.69) is 26.2 Å². The van der Waals surface area contributed by atoms with Crippen molar-refractivity contribution in [3.8, 4) is 0 Å². The zero-order chi connectivity index (χ0) is 15.6. The van der Waals surface area contributed by atoms with E-state index in [1.807, 2.05) is 0 Å². The summed E-state index contributed by atoms with van der Waals surface area (Å²) in [6.45, 7) is 0. The van der Waals surface area contributed by atoms with E-state index in [4.69, 9.17) is 16.7 Å². The van der Waals surface area contributed by atoms with Crippen LogP contribution in [0.25, 0.3) is 0 Å². The quantitative estimate of drug-likeness (QED) is 0.786. The molecule has 21 heavy (non-hydrogen) atoms. The van der Waals surface area contributed by atoms with Crippen molar-refractivity contribution in [2.75, 3.05) is 5.32 Å². The highest BCUT2D eigenvalue weighted by atomic mass is 79.9. The lowest BCUT2D eigenvalue weighted by atomic mass is 10.3. The molecule has 3 N–H and O–H groups in total. The minimum atomic E-state index is -3.80. The van der Waals surface area contributed by atoms with Crippen LogP contribution in [0, 0.1) is 0 Å². The maximum atomic E-state index is 12.0.